The van der Waals surface area contributed by atoms with Crippen LogP contribution in [0.5, 0.6) is 0 Å². The molecule has 0 aliphatic carbocycles. The summed E-state index contributed by atoms with van der Waals surface area (Å²) in [4.78, 5) is 19.1. The van der Waals surface area contributed by atoms with Gasteiger partial charge in [0.1, 0.15) is 0 Å². The zero-order chi connectivity index (χ0) is 21.1. The highest BCUT2D eigenvalue weighted by atomic mass is 32.2. The van der Waals surface area contributed by atoms with Crippen molar-refractivity contribution in [3.63, 3.8) is 0 Å². The van der Waals surface area contributed by atoms with Gasteiger partial charge in [-0.3, -0.25) is 9.78 Å². The van der Waals surface area contributed by atoms with E-state index >= 15 is 0 Å². The minimum absolute atomic E-state index is 0.0888. The number of aromatic nitrogens is 2. The molecular formula is C22H20N4O3S. The van der Waals surface area contributed by atoms with Crippen molar-refractivity contribution in [3.8, 4) is 0 Å². The summed E-state index contributed by atoms with van der Waals surface area (Å²) in [5.74, 6) is 0.0888. The molecule has 1 aromatic heterocycles. The van der Waals surface area contributed by atoms with E-state index < -0.39 is 9.84 Å². The van der Waals surface area contributed by atoms with E-state index in [0.29, 0.717) is 23.9 Å². The Balaban J connectivity index is 1.43. The molecule has 8 heteroatoms. The first-order chi connectivity index (χ1) is 14.4. The number of anilines is 2. The molecule has 4 N–H and O–H groups in total. The Hall–Kier alpha value is -3.65. The number of aromatic amines is 1. The first kappa shape index (κ1) is 19.7. The first-order valence-corrected chi connectivity index (χ1v) is 10.8. The van der Waals surface area contributed by atoms with Crippen molar-refractivity contribution in [2.45, 2.75) is 16.2 Å². The minimum atomic E-state index is -3.51. The highest BCUT2D eigenvalue weighted by Crippen LogP contribution is 2.21. The fourth-order valence-corrected chi connectivity index (χ4v) is 4.47. The number of benzene rings is 3. The van der Waals surface area contributed by atoms with Crippen LogP contribution in [0.4, 0.5) is 11.6 Å². The van der Waals surface area contributed by atoms with Crippen LogP contribution in [0.3, 0.4) is 0 Å². The highest BCUT2D eigenvalue weighted by molar-refractivity contribution is 7.91. The van der Waals surface area contributed by atoms with Crippen molar-refractivity contribution < 1.29 is 8.42 Å². The topological polar surface area (TPSA) is 118 Å². The Morgan fingerprint density at radius 1 is 0.933 bits per heavy atom. The second kappa shape index (κ2) is 8.00. The van der Waals surface area contributed by atoms with Crippen LogP contribution in [0.2, 0.25) is 0 Å². The molecule has 4 aromatic rings. The lowest BCUT2D eigenvalue weighted by molar-refractivity contribution is 0.596. The maximum Gasteiger partial charge on any atom is 0.260 e. The number of H-pyrrole nitrogens is 1. The highest BCUT2D eigenvalue weighted by Gasteiger charge is 2.16. The van der Waals surface area contributed by atoms with Gasteiger partial charge in [-0.25, -0.2) is 13.4 Å². The number of nitrogens with two attached hydrogens (primary N) is 1. The third-order valence-electron chi connectivity index (χ3n) is 4.75. The summed E-state index contributed by atoms with van der Waals surface area (Å²) in [5.41, 5.74) is 7.61. The van der Waals surface area contributed by atoms with Crippen molar-refractivity contribution in [3.05, 3.63) is 88.7 Å². The van der Waals surface area contributed by atoms with E-state index in [2.05, 4.69) is 15.3 Å². The summed E-state index contributed by atoms with van der Waals surface area (Å²) < 4.78 is 25.3. The zero-order valence-electron chi connectivity index (χ0n) is 16.0. The van der Waals surface area contributed by atoms with E-state index in [-0.39, 0.29) is 21.3 Å². The number of hydrogen-bond donors (Lipinski definition) is 3. The summed E-state index contributed by atoms with van der Waals surface area (Å²) in [5, 5.41) is 3.73. The molecule has 0 saturated carbocycles. The largest absolute Gasteiger partial charge is 0.385 e. The van der Waals surface area contributed by atoms with Crippen molar-refractivity contribution in [2.75, 3.05) is 17.6 Å². The molecular weight excluding hydrogens is 400 g/mol. The van der Waals surface area contributed by atoms with Crippen molar-refractivity contribution in [1.82, 2.24) is 9.97 Å². The summed E-state index contributed by atoms with van der Waals surface area (Å²) in [7, 11) is -3.51. The molecule has 0 aliphatic rings. The van der Waals surface area contributed by atoms with Gasteiger partial charge in [-0.15, -0.1) is 0 Å². The Kier molecular flexibility index (Phi) is 5.24. The van der Waals surface area contributed by atoms with E-state index in [0.717, 1.165) is 11.3 Å². The molecule has 1 heterocycles. The van der Waals surface area contributed by atoms with Crippen LogP contribution in [0, 0.1) is 0 Å². The van der Waals surface area contributed by atoms with Crippen LogP contribution in [0.15, 0.2) is 87.4 Å². The van der Waals surface area contributed by atoms with Gasteiger partial charge < -0.3 is 11.1 Å². The maximum atomic E-state index is 12.6. The van der Waals surface area contributed by atoms with E-state index in [1.807, 2.05) is 18.2 Å². The van der Waals surface area contributed by atoms with Crippen molar-refractivity contribution in [1.29, 1.82) is 0 Å². The number of nitrogen functional groups attached to an aromatic ring is 1. The van der Waals surface area contributed by atoms with Gasteiger partial charge in [0.05, 0.1) is 20.7 Å². The molecule has 152 valence electrons. The average Bonchev–Trinajstić information content (AvgIpc) is 2.75. The maximum absolute atomic E-state index is 12.6. The van der Waals surface area contributed by atoms with E-state index in [4.69, 9.17) is 5.73 Å². The smallest absolute Gasteiger partial charge is 0.260 e. The molecule has 0 spiro atoms. The lowest BCUT2D eigenvalue weighted by Crippen LogP contribution is -2.12. The van der Waals surface area contributed by atoms with Gasteiger partial charge in [-0.2, -0.15) is 0 Å². The minimum Gasteiger partial charge on any atom is -0.385 e. The predicted octanol–water partition coefficient (Wildman–Crippen LogP) is 2.99. The second-order valence-electron chi connectivity index (χ2n) is 6.82. The molecule has 0 saturated heterocycles. The van der Waals surface area contributed by atoms with Gasteiger partial charge in [-0.1, -0.05) is 30.3 Å². The van der Waals surface area contributed by atoms with Crippen LogP contribution in [-0.4, -0.2) is 24.9 Å². The van der Waals surface area contributed by atoms with Crippen LogP contribution in [0.1, 0.15) is 5.56 Å². The number of hydrogen-bond acceptors (Lipinski definition) is 6. The molecule has 0 fully saturated rings. The Morgan fingerprint density at radius 2 is 1.63 bits per heavy atom. The fourth-order valence-electron chi connectivity index (χ4n) is 3.19. The number of nitrogens with zero attached hydrogens (tertiary/aromatic N) is 1. The second-order valence-corrected chi connectivity index (χ2v) is 8.77. The molecule has 30 heavy (non-hydrogen) atoms. The monoisotopic (exact) mass is 420 g/mol. The lowest BCUT2D eigenvalue weighted by Gasteiger charge is -2.09. The number of nitrogens with one attached hydrogen (secondary N) is 2. The van der Waals surface area contributed by atoms with Crippen LogP contribution in [-0.2, 0) is 16.3 Å². The third kappa shape index (κ3) is 4.04. The van der Waals surface area contributed by atoms with Crippen molar-refractivity contribution >= 4 is 32.4 Å². The first-order valence-electron chi connectivity index (χ1n) is 9.36. The summed E-state index contributed by atoms with van der Waals surface area (Å²) in [6.45, 7) is 0.622. The molecule has 7 nitrogen and oxygen atoms in total. The molecule has 0 amide bonds. The molecule has 0 bridgehead atoms. The van der Waals surface area contributed by atoms with E-state index in [1.165, 1.54) is 0 Å². The number of fused-ring (bicyclic) bond motifs is 1. The Bertz CT molecular complexity index is 1350. The summed E-state index contributed by atoms with van der Waals surface area (Å²) >= 11 is 0. The molecule has 0 unspecified atom stereocenters. The van der Waals surface area contributed by atoms with E-state index in [9.17, 15) is 13.2 Å². The van der Waals surface area contributed by atoms with Gasteiger partial charge in [0, 0.05) is 12.2 Å². The number of sulfone groups is 1. The predicted molar refractivity (Wildman–Crippen MR) is 117 cm³/mol. The van der Waals surface area contributed by atoms with Gasteiger partial charge in [0.2, 0.25) is 15.8 Å². The van der Waals surface area contributed by atoms with Gasteiger partial charge in [0.25, 0.3) is 5.56 Å². The zero-order valence-corrected chi connectivity index (χ0v) is 16.8. The van der Waals surface area contributed by atoms with Gasteiger partial charge in [0.15, 0.2) is 0 Å². The van der Waals surface area contributed by atoms with E-state index in [1.54, 1.807) is 54.6 Å². The van der Waals surface area contributed by atoms with Crippen LogP contribution in [0.25, 0.3) is 10.9 Å². The standard InChI is InChI=1S/C22H20N4O3S/c23-22-25-20-11-8-16(14-19(20)21(27)26-22)24-13-12-15-6-9-18(10-7-15)30(28,29)17-4-2-1-3-5-17/h1-11,14,24H,12-13H2,(H3,23,25,26,27). The molecule has 4 rings (SSSR count). The Morgan fingerprint density at radius 3 is 2.37 bits per heavy atom. The number of rotatable bonds is 6. The molecule has 3 aromatic carbocycles. The van der Waals surface area contributed by atoms with Crippen molar-refractivity contribution in [2.24, 2.45) is 0 Å². The molecule has 0 atom stereocenters. The molecule has 0 aliphatic heterocycles. The van der Waals surface area contributed by atoms with Crippen LogP contribution >= 0.6 is 0 Å². The SMILES string of the molecule is Nc1nc2ccc(NCCc3ccc(S(=O)(=O)c4ccccc4)cc3)cc2c(=O)[nH]1. The van der Waals surface area contributed by atoms with Crippen LogP contribution < -0.4 is 16.6 Å². The van der Waals surface area contributed by atoms with Gasteiger partial charge in [-0.05, 0) is 54.4 Å². The fraction of sp³-hybridized carbons (Fsp3) is 0.0909. The quantitative estimate of drug-likeness (QED) is 0.441. The lowest BCUT2D eigenvalue weighted by atomic mass is 10.1. The molecule has 0 radical (unpaired) electrons. The Labute approximate surface area is 173 Å². The average molecular weight is 420 g/mol. The van der Waals surface area contributed by atoms with Gasteiger partial charge >= 0.3 is 0 Å². The third-order valence-corrected chi connectivity index (χ3v) is 6.54. The summed E-state index contributed by atoms with van der Waals surface area (Å²) in [6.07, 6.45) is 0.694. The normalized spacial score (nSPS) is 11.5. The summed E-state index contributed by atoms with van der Waals surface area (Å²) in [6, 6.07) is 20.6.